The van der Waals surface area contributed by atoms with Crippen LogP contribution in [-0.4, -0.2) is 34.4 Å². The first kappa shape index (κ1) is 14.6. The molecular formula is C13H15ClFN3O2. The largest absolute Gasteiger partial charge is 0.409 e. The zero-order valence-corrected chi connectivity index (χ0v) is 11.5. The van der Waals surface area contributed by atoms with Gasteiger partial charge in [0.25, 0.3) is 5.91 Å². The number of amidine groups is 1. The average molecular weight is 300 g/mol. The fourth-order valence-corrected chi connectivity index (χ4v) is 2.11. The zero-order valence-electron chi connectivity index (χ0n) is 10.7. The minimum atomic E-state index is -0.603. The third-order valence-corrected chi connectivity index (χ3v) is 3.38. The molecule has 5 nitrogen and oxygen atoms in total. The van der Waals surface area contributed by atoms with Crippen molar-refractivity contribution >= 4 is 23.3 Å². The SMILES string of the molecule is NC(CCN(C(=O)c1cc(Cl)ccc1F)C1CC1)=NO. The van der Waals surface area contributed by atoms with Crippen LogP contribution in [0.4, 0.5) is 4.39 Å². The number of hydrogen-bond acceptors (Lipinski definition) is 3. The molecule has 1 amide bonds. The molecule has 108 valence electrons. The summed E-state index contributed by atoms with van der Waals surface area (Å²) < 4.78 is 13.7. The van der Waals surface area contributed by atoms with Gasteiger partial charge in [0.15, 0.2) is 0 Å². The monoisotopic (exact) mass is 299 g/mol. The van der Waals surface area contributed by atoms with Crippen molar-refractivity contribution in [3.05, 3.63) is 34.6 Å². The van der Waals surface area contributed by atoms with Crippen molar-refractivity contribution in [3.8, 4) is 0 Å². The van der Waals surface area contributed by atoms with Crippen LogP contribution < -0.4 is 5.73 Å². The lowest BCUT2D eigenvalue weighted by atomic mass is 10.1. The number of carbonyl (C=O) groups excluding carboxylic acids is 1. The third-order valence-electron chi connectivity index (χ3n) is 3.14. The first-order chi connectivity index (χ1) is 9.52. The Morgan fingerprint density at radius 2 is 2.25 bits per heavy atom. The highest BCUT2D eigenvalue weighted by atomic mass is 35.5. The van der Waals surface area contributed by atoms with Gasteiger partial charge in [0.05, 0.1) is 5.56 Å². The second-order valence-corrected chi connectivity index (χ2v) is 5.13. The standard InChI is InChI=1S/C13H15ClFN3O2/c14-8-1-4-11(15)10(7-8)13(19)18(9-2-3-9)6-5-12(16)17-20/h1,4,7,9,20H,2-3,5-6H2,(H2,16,17). The highest BCUT2D eigenvalue weighted by Gasteiger charge is 2.33. The van der Waals surface area contributed by atoms with E-state index in [1.807, 2.05) is 0 Å². The molecule has 1 aromatic rings. The van der Waals surface area contributed by atoms with Gasteiger partial charge in [0.2, 0.25) is 0 Å². The van der Waals surface area contributed by atoms with Gasteiger partial charge in [-0.3, -0.25) is 4.79 Å². The van der Waals surface area contributed by atoms with E-state index in [4.69, 9.17) is 22.5 Å². The number of rotatable bonds is 5. The van der Waals surface area contributed by atoms with Crippen LogP contribution in [0, 0.1) is 5.82 Å². The van der Waals surface area contributed by atoms with Gasteiger partial charge >= 0.3 is 0 Å². The Morgan fingerprint density at radius 3 is 2.85 bits per heavy atom. The predicted octanol–water partition coefficient (Wildman–Crippen LogP) is 2.22. The number of oxime groups is 1. The lowest BCUT2D eigenvalue weighted by Crippen LogP contribution is -2.36. The third kappa shape index (κ3) is 3.39. The van der Waals surface area contributed by atoms with Crippen LogP contribution >= 0.6 is 11.6 Å². The van der Waals surface area contributed by atoms with Crippen molar-refractivity contribution in [2.24, 2.45) is 10.9 Å². The van der Waals surface area contributed by atoms with Crippen molar-refractivity contribution < 1.29 is 14.4 Å². The molecule has 0 atom stereocenters. The summed E-state index contributed by atoms with van der Waals surface area (Å²) in [7, 11) is 0. The second-order valence-electron chi connectivity index (χ2n) is 4.70. The summed E-state index contributed by atoms with van der Waals surface area (Å²) in [4.78, 5) is 13.9. The molecule has 0 unspecified atom stereocenters. The van der Waals surface area contributed by atoms with Gasteiger partial charge in [-0.05, 0) is 31.0 Å². The van der Waals surface area contributed by atoms with E-state index >= 15 is 0 Å². The first-order valence-corrected chi connectivity index (χ1v) is 6.63. The van der Waals surface area contributed by atoms with Gasteiger partial charge in [-0.15, -0.1) is 0 Å². The van der Waals surface area contributed by atoms with Crippen LogP contribution in [0.15, 0.2) is 23.4 Å². The summed E-state index contributed by atoms with van der Waals surface area (Å²) >= 11 is 5.80. The molecule has 0 heterocycles. The van der Waals surface area contributed by atoms with Crippen molar-refractivity contribution in [1.29, 1.82) is 0 Å². The van der Waals surface area contributed by atoms with Gasteiger partial charge < -0.3 is 15.8 Å². The molecule has 1 aromatic carbocycles. The number of hydrogen-bond donors (Lipinski definition) is 2. The smallest absolute Gasteiger partial charge is 0.257 e. The molecule has 0 radical (unpaired) electrons. The molecule has 20 heavy (non-hydrogen) atoms. The molecule has 7 heteroatoms. The van der Waals surface area contributed by atoms with E-state index in [1.54, 1.807) is 4.90 Å². The maximum absolute atomic E-state index is 13.7. The Bertz CT molecular complexity index is 546. The van der Waals surface area contributed by atoms with E-state index in [1.165, 1.54) is 18.2 Å². The van der Waals surface area contributed by atoms with Crippen LogP contribution in [0.3, 0.4) is 0 Å². The quantitative estimate of drug-likeness (QED) is 0.379. The molecule has 0 saturated heterocycles. The summed E-state index contributed by atoms with van der Waals surface area (Å²) in [6, 6.07) is 3.97. The van der Waals surface area contributed by atoms with Gasteiger partial charge in [-0.2, -0.15) is 0 Å². The van der Waals surface area contributed by atoms with E-state index in [9.17, 15) is 9.18 Å². The molecule has 0 bridgehead atoms. The van der Waals surface area contributed by atoms with E-state index in [-0.39, 0.29) is 30.4 Å². The van der Waals surface area contributed by atoms with Crippen LogP contribution in [0.5, 0.6) is 0 Å². The maximum Gasteiger partial charge on any atom is 0.257 e. The van der Waals surface area contributed by atoms with Crippen molar-refractivity contribution in [2.75, 3.05) is 6.54 Å². The maximum atomic E-state index is 13.7. The Kier molecular flexibility index (Phi) is 4.44. The molecule has 2 rings (SSSR count). The van der Waals surface area contributed by atoms with Crippen molar-refractivity contribution in [2.45, 2.75) is 25.3 Å². The molecule has 1 fully saturated rings. The number of halogens is 2. The number of carbonyl (C=O) groups is 1. The number of benzene rings is 1. The minimum Gasteiger partial charge on any atom is -0.409 e. The topological polar surface area (TPSA) is 78.9 Å². The Morgan fingerprint density at radius 1 is 1.55 bits per heavy atom. The lowest BCUT2D eigenvalue weighted by Gasteiger charge is -2.22. The minimum absolute atomic E-state index is 0.0371. The Labute approximate surface area is 120 Å². The predicted molar refractivity (Wildman–Crippen MR) is 73.5 cm³/mol. The fraction of sp³-hybridized carbons (Fsp3) is 0.385. The summed E-state index contributed by atoms with van der Waals surface area (Å²) in [5.74, 6) is -0.984. The Hall–Kier alpha value is -1.82. The first-order valence-electron chi connectivity index (χ1n) is 6.25. The molecular weight excluding hydrogens is 285 g/mol. The second kappa shape index (κ2) is 6.09. The van der Waals surface area contributed by atoms with Gasteiger partial charge in [-0.1, -0.05) is 16.8 Å². The fourth-order valence-electron chi connectivity index (χ4n) is 1.94. The van der Waals surface area contributed by atoms with Crippen LogP contribution in [-0.2, 0) is 0 Å². The summed E-state index contributed by atoms with van der Waals surface area (Å²) in [5.41, 5.74) is 5.35. The van der Waals surface area contributed by atoms with E-state index in [0.717, 1.165) is 12.8 Å². The molecule has 1 aliphatic carbocycles. The normalized spacial score (nSPS) is 15.2. The average Bonchev–Trinajstić information content (AvgIpc) is 3.25. The van der Waals surface area contributed by atoms with E-state index in [2.05, 4.69) is 5.16 Å². The highest BCUT2D eigenvalue weighted by molar-refractivity contribution is 6.31. The Balaban J connectivity index is 2.16. The van der Waals surface area contributed by atoms with Gasteiger partial charge in [-0.25, -0.2) is 4.39 Å². The molecule has 0 spiro atoms. The molecule has 0 aliphatic heterocycles. The zero-order chi connectivity index (χ0) is 14.7. The summed E-state index contributed by atoms with van der Waals surface area (Å²) in [6.45, 7) is 0.283. The molecule has 1 aliphatic rings. The van der Waals surface area contributed by atoms with Gasteiger partial charge in [0, 0.05) is 24.0 Å². The van der Waals surface area contributed by atoms with Crippen LogP contribution in [0.1, 0.15) is 29.6 Å². The molecule has 0 aromatic heterocycles. The number of nitrogens with two attached hydrogens (primary N) is 1. The van der Waals surface area contributed by atoms with E-state index < -0.39 is 11.7 Å². The molecule has 1 saturated carbocycles. The van der Waals surface area contributed by atoms with Crippen LogP contribution in [0.25, 0.3) is 0 Å². The summed E-state index contributed by atoms with van der Waals surface area (Å²) in [5, 5.41) is 11.7. The molecule has 3 N–H and O–H groups in total. The van der Waals surface area contributed by atoms with Crippen molar-refractivity contribution in [3.63, 3.8) is 0 Å². The number of nitrogens with zero attached hydrogens (tertiary/aromatic N) is 2. The van der Waals surface area contributed by atoms with Crippen LogP contribution in [0.2, 0.25) is 5.02 Å². The van der Waals surface area contributed by atoms with E-state index in [0.29, 0.717) is 5.02 Å². The number of amides is 1. The summed E-state index contributed by atoms with van der Waals surface area (Å²) in [6.07, 6.45) is 2.00. The highest BCUT2D eigenvalue weighted by Crippen LogP contribution is 2.29. The van der Waals surface area contributed by atoms with Crippen molar-refractivity contribution in [1.82, 2.24) is 4.90 Å². The van der Waals surface area contributed by atoms with Gasteiger partial charge in [0.1, 0.15) is 11.7 Å². The lowest BCUT2D eigenvalue weighted by molar-refractivity contribution is 0.0742.